The first-order valence-electron chi connectivity index (χ1n) is 6.97. The van der Waals surface area contributed by atoms with Crippen LogP contribution in [0.1, 0.15) is 42.2 Å². The molecule has 21 heavy (non-hydrogen) atoms. The maximum absolute atomic E-state index is 9.74. The Labute approximate surface area is 122 Å². The molecule has 0 saturated heterocycles. The van der Waals surface area contributed by atoms with Gasteiger partial charge in [0.25, 0.3) is 0 Å². The largest absolute Gasteiger partial charge is 0.387 e. The molecule has 3 heterocycles. The van der Waals surface area contributed by atoms with E-state index in [0.29, 0.717) is 24.4 Å². The molecule has 1 N–H and O–H groups in total. The minimum atomic E-state index is -0.564. The van der Waals surface area contributed by atoms with Crippen molar-refractivity contribution >= 4 is 5.78 Å². The van der Waals surface area contributed by atoms with Crippen LogP contribution in [0.2, 0.25) is 0 Å². The molecule has 0 aromatic carbocycles. The van der Waals surface area contributed by atoms with Crippen molar-refractivity contribution in [1.29, 1.82) is 0 Å². The van der Waals surface area contributed by atoms with Gasteiger partial charge in [-0.25, -0.2) is 14.6 Å². The maximum Gasteiger partial charge on any atom is 0.234 e. The zero-order valence-electron chi connectivity index (χ0n) is 12.4. The van der Waals surface area contributed by atoms with Gasteiger partial charge in [0.1, 0.15) is 5.69 Å². The van der Waals surface area contributed by atoms with E-state index in [0.717, 1.165) is 17.1 Å². The molecule has 0 radical (unpaired) electrons. The van der Waals surface area contributed by atoms with E-state index in [1.54, 1.807) is 10.9 Å². The fraction of sp³-hybridized carbons (Fsp3) is 0.429. The maximum atomic E-state index is 9.74. The van der Waals surface area contributed by atoms with Crippen LogP contribution in [-0.2, 0) is 6.54 Å². The molecule has 0 saturated carbocycles. The average Bonchev–Trinajstić information content (AvgIpc) is 3.05. The molecule has 0 aliphatic rings. The fourth-order valence-electron chi connectivity index (χ4n) is 2.31. The number of aryl methyl sites for hydroxylation is 2. The van der Waals surface area contributed by atoms with Crippen molar-refractivity contribution < 1.29 is 5.11 Å². The SMILES string of the molecule is CCC(O)c1cn(Cc2cn3c(C)cc(C)nc3n2)nn1. The molecule has 1 unspecified atom stereocenters. The van der Waals surface area contributed by atoms with Crippen LogP contribution in [0.25, 0.3) is 5.78 Å². The van der Waals surface area contributed by atoms with E-state index in [9.17, 15) is 5.11 Å². The van der Waals surface area contributed by atoms with Gasteiger partial charge in [0.05, 0.1) is 24.5 Å². The number of imidazole rings is 1. The summed E-state index contributed by atoms with van der Waals surface area (Å²) in [5.74, 6) is 0.691. The minimum Gasteiger partial charge on any atom is -0.387 e. The van der Waals surface area contributed by atoms with Crippen molar-refractivity contribution in [3.8, 4) is 0 Å². The highest BCUT2D eigenvalue weighted by Crippen LogP contribution is 2.13. The Morgan fingerprint density at radius 3 is 2.81 bits per heavy atom. The molecule has 0 spiro atoms. The monoisotopic (exact) mass is 286 g/mol. The average molecular weight is 286 g/mol. The van der Waals surface area contributed by atoms with Crippen molar-refractivity contribution in [2.75, 3.05) is 0 Å². The number of hydrogen-bond donors (Lipinski definition) is 1. The van der Waals surface area contributed by atoms with Gasteiger partial charge in [0.15, 0.2) is 0 Å². The Morgan fingerprint density at radius 2 is 2.05 bits per heavy atom. The normalized spacial score (nSPS) is 13.0. The lowest BCUT2D eigenvalue weighted by molar-refractivity contribution is 0.168. The molecule has 3 aromatic rings. The molecule has 7 heteroatoms. The predicted octanol–water partition coefficient (Wildman–Crippen LogP) is 1.43. The fourth-order valence-corrected chi connectivity index (χ4v) is 2.31. The van der Waals surface area contributed by atoms with Crippen molar-refractivity contribution in [2.24, 2.45) is 0 Å². The van der Waals surface area contributed by atoms with Crippen molar-refractivity contribution in [3.63, 3.8) is 0 Å². The Bertz CT molecular complexity index is 775. The first kappa shape index (κ1) is 13.7. The molecule has 3 rings (SSSR count). The van der Waals surface area contributed by atoms with Crippen LogP contribution < -0.4 is 0 Å². The van der Waals surface area contributed by atoms with Crippen molar-refractivity contribution in [1.82, 2.24) is 29.4 Å². The molecule has 1 atom stereocenters. The number of fused-ring (bicyclic) bond motifs is 1. The van der Waals surface area contributed by atoms with Gasteiger partial charge in [0.2, 0.25) is 5.78 Å². The van der Waals surface area contributed by atoms with Gasteiger partial charge in [-0.15, -0.1) is 5.10 Å². The van der Waals surface area contributed by atoms with Gasteiger partial charge in [-0.1, -0.05) is 12.1 Å². The smallest absolute Gasteiger partial charge is 0.234 e. The first-order valence-corrected chi connectivity index (χ1v) is 6.97. The molecule has 0 aliphatic heterocycles. The summed E-state index contributed by atoms with van der Waals surface area (Å²) in [5.41, 5.74) is 3.49. The number of aliphatic hydroxyl groups is 1. The molecule has 110 valence electrons. The Kier molecular flexibility index (Phi) is 3.42. The summed E-state index contributed by atoms with van der Waals surface area (Å²) in [4.78, 5) is 8.92. The van der Waals surface area contributed by atoms with E-state index in [1.165, 1.54) is 0 Å². The van der Waals surface area contributed by atoms with Crippen LogP contribution in [0.5, 0.6) is 0 Å². The summed E-state index contributed by atoms with van der Waals surface area (Å²) < 4.78 is 3.64. The molecule has 0 fully saturated rings. The van der Waals surface area contributed by atoms with Gasteiger partial charge < -0.3 is 5.11 Å². The summed E-state index contributed by atoms with van der Waals surface area (Å²) in [6.45, 7) is 6.39. The van der Waals surface area contributed by atoms with Crippen LogP contribution in [0.3, 0.4) is 0 Å². The standard InChI is InChI=1S/C14H18N6O/c1-4-13(21)12-8-19(18-17-12)6-11-7-20-10(3)5-9(2)15-14(20)16-11/h5,7-8,13,21H,4,6H2,1-3H3. The van der Waals surface area contributed by atoms with Crippen LogP contribution in [-0.4, -0.2) is 34.5 Å². The van der Waals surface area contributed by atoms with Crippen molar-refractivity contribution in [2.45, 2.75) is 39.8 Å². The third-order valence-electron chi connectivity index (χ3n) is 3.42. The quantitative estimate of drug-likeness (QED) is 0.784. The van der Waals surface area contributed by atoms with Crippen LogP contribution in [0.15, 0.2) is 18.5 Å². The van der Waals surface area contributed by atoms with E-state index >= 15 is 0 Å². The van der Waals surface area contributed by atoms with Crippen LogP contribution >= 0.6 is 0 Å². The third kappa shape index (κ3) is 2.64. The zero-order valence-corrected chi connectivity index (χ0v) is 12.4. The van der Waals surface area contributed by atoms with Gasteiger partial charge in [-0.2, -0.15) is 0 Å². The minimum absolute atomic E-state index is 0.505. The summed E-state index contributed by atoms with van der Waals surface area (Å²) in [6, 6.07) is 2.02. The number of aromatic nitrogens is 6. The predicted molar refractivity (Wildman–Crippen MR) is 76.8 cm³/mol. The summed E-state index contributed by atoms with van der Waals surface area (Å²) in [6.07, 6.45) is 3.76. The second-order valence-corrected chi connectivity index (χ2v) is 5.21. The van der Waals surface area contributed by atoms with E-state index in [1.807, 2.05) is 37.4 Å². The first-order chi connectivity index (χ1) is 10.1. The van der Waals surface area contributed by atoms with E-state index in [2.05, 4.69) is 20.3 Å². The summed E-state index contributed by atoms with van der Waals surface area (Å²) in [5, 5.41) is 17.8. The third-order valence-corrected chi connectivity index (χ3v) is 3.42. The molecule has 0 amide bonds. The molecule has 0 bridgehead atoms. The Morgan fingerprint density at radius 1 is 1.24 bits per heavy atom. The highest BCUT2D eigenvalue weighted by Gasteiger charge is 2.11. The number of aliphatic hydroxyl groups excluding tert-OH is 1. The number of rotatable bonds is 4. The summed E-state index contributed by atoms with van der Waals surface area (Å²) in [7, 11) is 0. The highest BCUT2D eigenvalue weighted by atomic mass is 16.3. The number of nitrogens with zero attached hydrogens (tertiary/aromatic N) is 6. The molecule has 0 aliphatic carbocycles. The highest BCUT2D eigenvalue weighted by molar-refractivity contribution is 5.34. The molecule has 7 nitrogen and oxygen atoms in total. The van der Waals surface area contributed by atoms with Gasteiger partial charge >= 0.3 is 0 Å². The lowest BCUT2D eigenvalue weighted by Gasteiger charge is -2.00. The van der Waals surface area contributed by atoms with E-state index in [4.69, 9.17) is 0 Å². The van der Waals surface area contributed by atoms with Gasteiger partial charge in [-0.05, 0) is 26.3 Å². The second kappa shape index (κ2) is 5.25. The van der Waals surface area contributed by atoms with Gasteiger partial charge in [0, 0.05) is 17.6 Å². The molecular weight excluding hydrogens is 268 g/mol. The van der Waals surface area contributed by atoms with Crippen molar-refractivity contribution in [3.05, 3.63) is 41.2 Å². The lowest BCUT2D eigenvalue weighted by atomic mass is 10.2. The molecule has 3 aromatic heterocycles. The van der Waals surface area contributed by atoms with Gasteiger partial charge in [-0.3, -0.25) is 4.40 Å². The van der Waals surface area contributed by atoms with E-state index < -0.39 is 6.10 Å². The zero-order chi connectivity index (χ0) is 15.0. The Balaban J connectivity index is 1.88. The summed E-state index contributed by atoms with van der Waals surface area (Å²) >= 11 is 0. The second-order valence-electron chi connectivity index (χ2n) is 5.21. The van der Waals surface area contributed by atoms with Crippen LogP contribution in [0, 0.1) is 13.8 Å². The van der Waals surface area contributed by atoms with Crippen LogP contribution in [0.4, 0.5) is 0 Å². The Hall–Kier alpha value is -2.28. The number of hydrogen-bond acceptors (Lipinski definition) is 5. The molecular formula is C14H18N6O. The topological polar surface area (TPSA) is 81.1 Å². The lowest BCUT2D eigenvalue weighted by Crippen LogP contribution is -2.00. The van der Waals surface area contributed by atoms with E-state index in [-0.39, 0.29) is 0 Å².